The lowest BCUT2D eigenvalue weighted by Crippen LogP contribution is -2.59. The lowest BCUT2D eigenvalue weighted by molar-refractivity contribution is -0.144. The molecule has 15 nitrogen and oxygen atoms in total. The molecule has 0 saturated carbocycles. The summed E-state index contributed by atoms with van der Waals surface area (Å²) in [6.45, 7) is 7.67. The summed E-state index contributed by atoms with van der Waals surface area (Å²) in [5, 5.41) is 22.0. The number of hydrogen-bond donors (Lipinski definition) is 5. The van der Waals surface area contributed by atoms with Gasteiger partial charge in [0.2, 0.25) is 29.5 Å². The summed E-state index contributed by atoms with van der Waals surface area (Å²) in [4.78, 5) is 83.7. The van der Waals surface area contributed by atoms with Gasteiger partial charge in [-0.15, -0.1) is 0 Å². The molecule has 4 bridgehead atoms. The maximum absolute atomic E-state index is 14.4. The second kappa shape index (κ2) is 20.2. The summed E-state index contributed by atoms with van der Waals surface area (Å²) < 4.78 is 12.0. The van der Waals surface area contributed by atoms with Crippen LogP contribution >= 0.6 is 0 Å². The van der Waals surface area contributed by atoms with Crippen molar-refractivity contribution in [2.75, 3.05) is 40.4 Å². The van der Waals surface area contributed by atoms with E-state index in [1.165, 1.54) is 9.80 Å². The maximum atomic E-state index is 14.4. The van der Waals surface area contributed by atoms with Gasteiger partial charge in [0.05, 0.1) is 38.3 Å². The zero-order chi connectivity index (χ0) is 41.0. The van der Waals surface area contributed by atoms with E-state index in [0.29, 0.717) is 43.8 Å². The minimum absolute atomic E-state index is 0.0231. The minimum atomic E-state index is -1.74. The van der Waals surface area contributed by atoms with Crippen LogP contribution in [0.4, 0.5) is 0 Å². The van der Waals surface area contributed by atoms with Crippen LogP contribution in [-0.2, 0) is 39.9 Å². The molecule has 2 heterocycles. The Hall–Kier alpha value is -5.02. The van der Waals surface area contributed by atoms with Crippen LogP contribution in [0.15, 0.2) is 54.6 Å². The van der Waals surface area contributed by atoms with Crippen molar-refractivity contribution in [2.24, 2.45) is 5.41 Å². The van der Waals surface area contributed by atoms with Crippen molar-refractivity contribution < 1.29 is 43.3 Å². The Morgan fingerprint density at radius 2 is 1.75 bits per heavy atom. The van der Waals surface area contributed by atoms with E-state index < -0.39 is 72.0 Å². The van der Waals surface area contributed by atoms with Crippen LogP contribution in [0, 0.1) is 5.41 Å². The number of rotatable bonds is 12. The number of benzene rings is 2. The third kappa shape index (κ3) is 12.2. The predicted molar refractivity (Wildman–Crippen MR) is 208 cm³/mol. The normalized spacial score (nSPS) is 20.8. The van der Waals surface area contributed by atoms with Gasteiger partial charge in [-0.3, -0.25) is 28.8 Å². The Bertz CT molecular complexity index is 1680. The fourth-order valence-corrected chi connectivity index (χ4v) is 6.74. The first kappa shape index (κ1) is 43.7. The molecule has 0 aromatic heterocycles. The fourth-order valence-electron chi connectivity index (χ4n) is 6.74. The van der Waals surface area contributed by atoms with Gasteiger partial charge in [-0.25, -0.2) is 0 Å². The number of hydrogen-bond acceptors (Lipinski definition) is 9. The number of carbonyl (C=O) groups is 6. The van der Waals surface area contributed by atoms with Crippen molar-refractivity contribution in [3.8, 4) is 5.75 Å². The van der Waals surface area contributed by atoms with E-state index in [1.54, 1.807) is 50.5 Å². The monoisotopic (exact) mass is 778 g/mol. The van der Waals surface area contributed by atoms with E-state index >= 15 is 0 Å². The highest BCUT2D eigenvalue weighted by Gasteiger charge is 2.46. The summed E-state index contributed by atoms with van der Waals surface area (Å²) in [6.07, 6.45) is -0.0133. The molecule has 0 aliphatic carbocycles. The lowest BCUT2D eigenvalue weighted by Gasteiger charge is -2.36. The Morgan fingerprint density at radius 3 is 2.43 bits per heavy atom. The number of fused-ring (bicyclic) bond motifs is 4. The first-order valence-electron chi connectivity index (χ1n) is 19.3. The van der Waals surface area contributed by atoms with Crippen molar-refractivity contribution in [3.05, 3.63) is 65.7 Å². The zero-order valence-corrected chi connectivity index (χ0v) is 33.3. The van der Waals surface area contributed by atoms with E-state index in [2.05, 4.69) is 21.3 Å². The summed E-state index contributed by atoms with van der Waals surface area (Å²) in [5.74, 6) is -2.68. The van der Waals surface area contributed by atoms with Gasteiger partial charge in [-0.2, -0.15) is 0 Å². The van der Waals surface area contributed by atoms with E-state index in [0.717, 1.165) is 5.56 Å². The number of amides is 6. The van der Waals surface area contributed by atoms with Gasteiger partial charge in [0.25, 0.3) is 5.91 Å². The van der Waals surface area contributed by atoms with Gasteiger partial charge in [0.15, 0.2) is 6.10 Å². The van der Waals surface area contributed by atoms with Crippen molar-refractivity contribution in [1.82, 2.24) is 31.1 Å². The van der Waals surface area contributed by atoms with Gasteiger partial charge in [-0.05, 0) is 35.1 Å². The molecular weight excluding hydrogens is 720 g/mol. The van der Waals surface area contributed by atoms with Gasteiger partial charge in [-0.1, -0.05) is 83.0 Å². The minimum Gasteiger partial charge on any atom is -0.493 e. The third-order valence-corrected chi connectivity index (χ3v) is 9.84. The molecule has 306 valence electrons. The smallest absolute Gasteiger partial charge is 0.251 e. The van der Waals surface area contributed by atoms with Crippen LogP contribution < -0.4 is 26.0 Å². The molecule has 5 N–H and O–H groups in total. The molecule has 2 aliphatic rings. The van der Waals surface area contributed by atoms with E-state index in [9.17, 15) is 33.9 Å². The van der Waals surface area contributed by atoms with Crippen LogP contribution in [0.3, 0.4) is 0 Å². The predicted octanol–water partition coefficient (Wildman–Crippen LogP) is 1.63. The van der Waals surface area contributed by atoms with Crippen LogP contribution in [0.25, 0.3) is 0 Å². The van der Waals surface area contributed by atoms with Crippen LogP contribution in [0.1, 0.15) is 77.0 Å². The molecule has 2 unspecified atom stereocenters. The van der Waals surface area contributed by atoms with Crippen molar-refractivity contribution >= 4 is 35.4 Å². The molecule has 1 saturated heterocycles. The first-order valence-corrected chi connectivity index (χ1v) is 19.3. The second-order valence-electron chi connectivity index (χ2n) is 15.7. The Morgan fingerprint density at radius 1 is 1.02 bits per heavy atom. The van der Waals surface area contributed by atoms with Crippen molar-refractivity contribution in [3.63, 3.8) is 0 Å². The summed E-state index contributed by atoms with van der Waals surface area (Å²) in [5.41, 5.74) is 0.554. The standard InChI is InChI=1S/C41H58N6O9/c1-7-8-18-30(35(50)38(52)42-24-33(49)44-34(39(53)46(5)6)27-15-10-9-11-16-27)43-37(51)31-23-29-25-47(31)40(54)36(41(2,3)4)45-32(48)22-26-14-12-17-28(21-26)55-19-13-20-56-29/h9-12,14-17,21,29-31,34-36,50H,7-8,13,18-20,22-25H2,1-6H3,(H,42,52)(H,43,51)(H,44,49)(H,45,48)/t29-,30?,31+,34+,35?,36-/m1/s1. The number of carbonyl (C=O) groups excluding carboxylic acids is 6. The lowest BCUT2D eigenvalue weighted by atomic mass is 9.85. The molecule has 0 radical (unpaired) electrons. The number of nitrogens with zero attached hydrogens (tertiary/aromatic N) is 2. The highest BCUT2D eigenvalue weighted by Crippen LogP contribution is 2.28. The average Bonchev–Trinajstić information content (AvgIpc) is 3.59. The van der Waals surface area contributed by atoms with Gasteiger partial charge >= 0.3 is 0 Å². The summed E-state index contributed by atoms with van der Waals surface area (Å²) in [7, 11) is 3.14. The first-order chi connectivity index (χ1) is 26.6. The SMILES string of the molecule is CCCCC(NC(=O)[C@@H]1C[C@@H]2CN1C(=O)[C@H](C(C)(C)C)NC(=O)Cc1cccc(c1)OCCCO2)C(O)C(=O)NCC(=O)N[C@H](C(=O)N(C)C)c1ccccc1. The molecule has 15 heteroatoms. The molecular formula is C41H58N6O9. The topological polar surface area (TPSA) is 196 Å². The van der Waals surface area contributed by atoms with Crippen LogP contribution in [-0.4, -0.2) is 121 Å². The number of ether oxygens (including phenoxy) is 2. The largest absolute Gasteiger partial charge is 0.493 e. The van der Waals surface area contributed by atoms with E-state index in [1.807, 2.05) is 45.9 Å². The molecule has 56 heavy (non-hydrogen) atoms. The number of aliphatic hydroxyl groups excluding tert-OH is 1. The molecule has 6 atom stereocenters. The molecule has 0 spiro atoms. The van der Waals surface area contributed by atoms with Gasteiger partial charge in [0.1, 0.15) is 23.9 Å². The van der Waals surface area contributed by atoms with Gasteiger partial charge in [0, 0.05) is 33.5 Å². The molecule has 6 amide bonds. The summed E-state index contributed by atoms with van der Waals surface area (Å²) >= 11 is 0. The fraction of sp³-hybridized carbons (Fsp3) is 0.561. The molecule has 2 aliphatic heterocycles. The van der Waals surface area contributed by atoms with Crippen molar-refractivity contribution in [2.45, 2.75) is 103 Å². The highest BCUT2D eigenvalue weighted by molar-refractivity contribution is 5.94. The second-order valence-corrected chi connectivity index (χ2v) is 15.7. The Balaban J connectivity index is 1.48. The molecule has 4 rings (SSSR count). The van der Waals surface area contributed by atoms with Crippen molar-refractivity contribution in [1.29, 1.82) is 0 Å². The number of nitrogens with one attached hydrogen (secondary N) is 4. The zero-order valence-electron chi connectivity index (χ0n) is 33.3. The van der Waals surface area contributed by atoms with Gasteiger partial charge < -0.3 is 45.6 Å². The molecule has 1 fully saturated rings. The molecule has 2 aromatic rings. The third-order valence-electron chi connectivity index (χ3n) is 9.84. The quantitative estimate of drug-likeness (QED) is 0.213. The van der Waals surface area contributed by atoms with E-state index in [4.69, 9.17) is 9.47 Å². The number of aliphatic hydroxyl groups is 1. The Labute approximate surface area is 329 Å². The number of unbranched alkanes of at least 4 members (excludes halogenated alkanes) is 1. The van der Waals surface area contributed by atoms with E-state index in [-0.39, 0.29) is 37.6 Å². The molecule has 2 aromatic carbocycles. The van der Waals surface area contributed by atoms with Crippen LogP contribution in [0.2, 0.25) is 0 Å². The maximum Gasteiger partial charge on any atom is 0.251 e. The van der Waals surface area contributed by atoms with Crippen LogP contribution in [0.5, 0.6) is 5.75 Å². The highest BCUT2D eigenvalue weighted by atomic mass is 16.5. The number of likely N-dealkylation sites (N-methyl/N-ethyl adjacent to an activating group) is 1. The summed E-state index contributed by atoms with van der Waals surface area (Å²) in [6, 6.07) is 11.9. The Kier molecular flexibility index (Phi) is 15.8. The average molecular weight is 779 g/mol.